The standard InChI is InChI=1S/C25H38F4O/c1-3-5-18-7-9-19(10-8-18)20-11-15-23(16-12-20)30-17-22-14-13-21(6-4-2)24(26,27)25(22,28)29/h13-14,18-20,23H,3-12,15-17H2,1-2H3. The van der Waals surface area contributed by atoms with Crippen LogP contribution >= 0.6 is 0 Å². The molecule has 0 saturated heterocycles. The number of hydrogen-bond acceptors (Lipinski definition) is 1. The molecule has 2 saturated carbocycles. The van der Waals surface area contributed by atoms with E-state index in [1.165, 1.54) is 44.6 Å². The topological polar surface area (TPSA) is 9.23 Å². The van der Waals surface area contributed by atoms with Gasteiger partial charge in [0.25, 0.3) is 0 Å². The molecule has 0 spiro atoms. The maximum absolute atomic E-state index is 14.4. The van der Waals surface area contributed by atoms with Gasteiger partial charge in [0.15, 0.2) is 0 Å². The third kappa shape index (κ3) is 5.14. The lowest BCUT2D eigenvalue weighted by molar-refractivity contribution is -0.170. The van der Waals surface area contributed by atoms with Gasteiger partial charge in [-0.1, -0.05) is 58.1 Å². The minimum atomic E-state index is -4.17. The molecule has 0 heterocycles. The molecule has 30 heavy (non-hydrogen) atoms. The number of hydrogen-bond donors (Lipinski definition) is 0. The molecule has 172 valence electrons. The van der Waals surface area contributed by atoms with Gasteiger partial charge in [-0.2, -0.15) is 17.6 Å². The Balaban J connectivity index is 1.47. The van der Waals surface area contributed by atoms with E-state index in [1.807, 2.05) is 0 Å². The molecule has 0 aliphatic heterocycles. The van der Waals surface area contributed by atoms with Crippen LogP contribution in [0.2, 0.25) is 0 Å². The summed E-state index contributed by atoms with van der Waals surface area (Å²) in [5.74, 6) is -5.87. The SMILES string of the molecule is CCCC1=CC=C(COC2CCC(C3CCC(CCC)CC3)CC2)C(F)(F)C1(F)F. The van der Waals surface area contributed by atoms with Gasteiger partial charge >= 0.3 is 11.8 Å². The van der Waals surface area contributed by atoms with Gasteiger partial charge in [0, 0.05) is 11.1 Å². The smallest absolute Gasteiger partial charge is 0.338 e. The molecule has 1 nitrogen and oxygen atoms in total. The van der Waals surface area contributed by atoms with Crippen molar-refractivity contribution in [2.24, 2.45) is 17.8 Å². The normalized spacial score (nSPS) is 33.7. The molecular weight excluding hydrogens is 392 g/mol. The first kappa shape index (κ1) is 23.8. The highest BCUT2D eigenvalue weighted by Gasteiger charge is 2.61. The Labute approximate surface area is 179 Å². The summed E-state index contributed by atoms with van der Waals surface area (Å²) >= 11 is 0. The van der Waals surface area contributed by atoms with E-state index in [-0.39, 0.29) is 12.5 Å². The number of allylic oxidation sites excluding steroid dienone is 3. The highest BCUT2D eigenvalue weighted by atomic mass is 19.3. The Bertz CT molecular complexity index is 609. The predicted molar refractivity (Wildman–Crippen MR) is 113 cm³/mol. The molecule has 3 aliphatic rings. The lowest BCUT2D eigenvalue weighted by atomic mass is 9.70. The van der Waals surface area contributed by atoms with Crippen molar-refractivity contribution in [3.05, 3.63) is 23.3 Å². The van der Waals surface area contributed by atoms with E-state index in [0.29, 0.717) is 12.3 Å². The predicted octanol–water partition coefficient (Wildman–Crippen LogP) is 8.11. The van der Waals surface area contributed by atoms with E-state index in [1.54, 1.807) is 6.92 Å². The highest BCUT2D eigenvalue weighted by Crippen LogP contribution is 2.49. The van der Waals surface area contributed by atoms with E-state index in [9.17, 15) is 17.6 Å². The monoisotopic (exact) mass is 430 g/mol. The van der Waals surface area contributed by atoms with Crippen LogP contribution in [0.15, 0.2) is 23.3 Å². The van der Waals surface area contributed by atoms with Crippen molar-refractivity contribution < 1.29 is 22.3 Å². The van der Waals surface area contributed by atoms with Gasteiger partial charge in [-0.05, 0) is 62.7 Å². The summed E-state index contributed by atoms with van der Waals surface area (Å²) in [4.78, 5) is 0. The third-order valence-corrected chi connectivity index (χ3v) is 7.65. The molecule has 3 aliphatic carbocycles. The summed E-state index contributed by atoms with van der Waals surface area (Å²) in [5.41, 5.74) is -1.07. The molecule has 0 N–H and O–H groups in total. The first-order valence-corrected chi connectivity index (χ1v) is 12.1. The van der Waals surface area contributed by atoms with E-state index in [0.717, 1.165) is 43.6 Å². The van der Waals surface area contributed by atoms with Crippen molar-refractivity contribution in [1.82, 2.24) is 0 Å². The van der Waals surface area contributed by atoms with Crippen molar-refractivity contribution in [3.63, 3.8) is 0 Å². The van der Waals surface area contributed by atoms with Crippen molar-refractivity contribution in [2.75, 3.05) is 6.61 Å². The van der Waals surface area contributed by atoms with Crippen LogP contribution in [-0.4, -0.2) is 24.6 Å². The number of alkyl halides is 4. The van der Waals surface area contributed by atoms with Crippen LogP contribution in [0.1, 0.15) is 90.9 Å². The number of ether oxygens (including phenoxy) is 1. The Kier molecular flexibility index (Phi) is 8.09. The first-order chi connectivity index (χ1) is 14.3. The maximum atomic E-state index is 14.4. The fourth-order valence-electron chi connectivity index (χ4n) is 5.75. The lowest BCUT2D eigenvalue weighted by Gasteiger charge is -2.38. The maximum Gasteiger partial charge on any atom is 0.338 e. The van der Waals surface area contributed by atoms with E-state index in [4.69, 9.17) is 4.74 Å². The summed E-state index contributed by atoms with van der Waals surface area (Å²) in [7, 11) is 0. The van der Waals surface area contributed by atoms with Crippen molar-refractivity contribution >= 4 is 0 Å². The summed E-state index contributed by atoms with van der Waals surface area (Å²) < 4.78 is 63.1. The summed E-state index contributed by atoms with van der Waals surface area (Å²) in [6.07, 6.45) is 14.4. The molecule has 2 fully saturated rings. The zero-order valence-electron chi connectivity index (χ0n) is 18.6. The van der Waals surface area contributed by atoms with Gasteiger partial charge < -0.3 is 4.74 Å². The van der Waals surface area contributed by atoms with Gasteiger partial charge in [-0.3, -0.25) is 0 Å². The first-order valence-electron chi connectivity index (χ1n) is 12.1. The largest absolute Gasteiger partial charge is 0.374 e. The van der Waals surface area contributed by atoms with Crippen molar-refractivity contribution in [3.8, 4) is 0 Å². The summed E-state index contributed by atoms with van der Waals surface area (Å²) in [6.45, 7) is 3.56. The van der Waals surface area contributed by atoms with Gasteiger partial charge in [0.2, 0.25) is 0 Å². The quantitative estimate of drug-likeness (QED) is 0.353. The molecule has 0 aromatic rings. The van der Waals surface area contributed by atoms with Crippen LogP contribution in [0.25, 0.3) is 0 Å². The summed E-state index contributed by atoms with van der Waals surface area (Å²) in [6, 6.07) is 0. The molecule has 0 aromatic carbocycles. The number of rotatable bonds is 8. The van der Waals surface area contributed by atoms with Gasteiger partial charge in [0.05, 0.1) is 12.7 Å². The second-order valence-corrected chi connectivity index (χ2v) is 9.70. The fourth-order valence-corrected chi connectivity index (χ4v) is 5.75. The van der Waals surface area contributed by atoms with Crippen LogP contribution in [0.4, 0.5) is 17.6 Å². The highest BCUT2D eigenvalue weighted by molar-refractivity contribution is 5.38. The molecule has 3 rings (SSSR count). The van der Waals surface area contributed by atoms with E-state index in [2.05, 4.69) is 6.92 Å². The minimum absolute atomic E-state index is 0.0163. The Morgan fingerprint density at radius 3 is 1.87 bits per heavy atom. The van der Waals surface area contributed by atoms with E-state index >= 15 is 0 Å². The molecule has 0 radical (unpaired) electrons. The van der Waals surface area contributed by atoms with Crippen LogP contribution in [0.5, 0.6) is 0 Å². The number of halogens is 4. The average Bonchev–Trinajstić information content (AvgIpc) is 2.73. The zero-order chi connectivity index (χ0) is 21.8. The minimum Gasteiger partial charge on any atom is -0.374 e. The Hall–Kier alpha value is -0.840. The van der Waals surface area contributed by atoms with Crippen LogP contribution in [-0.2, 0) is 4.74 Å². The second kappa shape index (κ2) is 10.2. The molecular formula is C25H38F4O. The Morgan fingerprint density at radius 2 is 1.30 bits per heavy atom. The van der Waals surface area contributed by atoms with Gasteiger partial charge in [0.1, 0.15) is 0 Å². The molecule has 0 unspecified atom stereocenters. The second-order valence-electron chi connectivity index (χ2n) is 9.70. The van der Waals surface area contributed by atoms with Crippen LogP contribution in [0, 0.1) is 17.8 Å². The molecule has 0 bridgehead atoms. The van der Waals surface area contributed by atoms with Crippen molar-refractivity contribution in [1.29, 1.82) is 0 Å². The van der Waals surface area contributed by atoms with Crippen LogP contribution < -0.4 is 0 Å². The third-order valence-electron chi connectivity index (χ3n) is 7.65. The molecule has 0 amide bonds. The molecule has 0 aromatic heterocycles. The fraction of sp³-hybridized carbons (Fsp3) is 0.840. The lowest BCUT2D eigenvalue weighted by Crippen LogP contribution is -2.46. The van der Waals surface area contributed by atoms with E-state index < -0.39 is 29.6 Å². The van der Waals surface area contributed by atoms with Gasteiger partial charge in [-0.15, -0.1) is 0 Å². The molecule has 0 atom stereocenters. The zero-order valence-corrected chi connectivity index (χ0v) is 18.6. The average molecular weight is 431 g/mol. The van der Waals surface area contributed by atoms with Gasteiger partial charge in [-0.25, -0.2) is 0 Å². The molecule has 5 heteroatoms. The van der Waals surface area contributed by atoms with Crippen molar-refractivity contribution in [2.45, 2.75) is 109 Å². The Morgan fingerprint density at radius 1 is 0.767 bits per heavy atom. The summed E-state index contributed by atoms with van der Waals surface area (Å²) in [5, 5.41) is 0. The van der Waals surface area contributed by atoms with Crippen LogP contribution in [0.3, 0.4) is 0 Å².